The third-order valence-corrected chi connectivity index (χ3v) is 6.35. The minimum Gasteiger partial charge on any atom is -0.870 e. The molecule has 1 aromatic heterocycles. The fourth-order valence-electron chi connectivity index (χ4n) is 3.26. The summed E-state index contributed by atoms with van der Waals surface area (Å²) in [6.45, 7) is 2.18. The smallest absolute Gasteiger partial charge is 0.342 e. The summed E-state index contributed by atoms with van der Waals surface area (Å²) in [5, 5.41) is 25.5. The Bertz CT molecular complexity index is 1380. The number of halogens is 2. The van der Waals surface area contributed by atoms with Gasteiger partial charge in [0.05, 0.1) is 29.2 Å². The molecule has 0 aliphatic rings. The maximum Gasteiger partial charge on any atom is 0.342 e. The first-order valence-electron chi connectivity index (χ1n) is 10.9. The van der Waals surface area contributed by atoms with Gasteiger partial charge in [-0.05, 0) is 78.8 Å². The summed E-state index contributed by atoms with van der Waals surface area (Å²) in [5.74, 6) is 0.349. The van der Waals surface area contributed by atoms with Gasteiger partial charge >= 0.3 is 5.16 Å². The molecule has 4 aromatic rings. The molecule has 0 aliphatic carbocycles. The summed E-state index contributed by atoms with van der Waals surface area (Å²) < 4.78 is 7.19. The van der Waals surface area contributed by atoms with Gasteiger partial charge in [0.2, 0.25) is 0 Å². The number of aromatic nitrogens is 3. The number of nitrogens with one attached hydrogen (secondary N) is 2. The Labute approximate surface area is 221 Å². The molecule has 0 radical (unpaired) electrons. The fourth-order valence-corrected chi connectivity index (χ4v) is 4.28. The summed E-state index contributed by atoms with van der Waals surface area (Å²) in [5.41, 5.74) is 4.44. The van der Waals surface area contributed by atoms with Crippen molar-refractivity contribution in [1.82, 2.24) is 15.6 Å². The van der Waals surface area contributed by atoms with E-state index in [1.54, 1.807) is 49.4 Å². The average molecular weight is 542 g/mol. The first-order chi connectivity index (χ1) is 17.5. The topological polar surface area (TPSA) is 106 Å². The molecule has 4 rings (SSSR count). The maximum atomic E-state index is 12.4. The number of para-hydroxylation sites is 1. The van der Waals surface area contributed by atoms with Crippen LogP contribution in [0.5, 0.6) is 11.5 Å². The van der Waals surface area contributed by atoms with E-state index in [1.807, 2.05) is 28.8 Å². The van der Waals surface area contributed by atoms with Crippen LogP contribution in [0.2, 0.25) is 10.0 Å². The number of hydrogen-bond acceptors (Lipinski definition) is 6. The zero-order valence-corrected chi connectivity index (χ0v) is 21.4. The molecule has 0 saturated carbocycles. The van der Waals surface area contributed by atoms with Gasteiger partial charge in [-0.15, -0.1) is 5.10 Å². The van der Waals surface area contributed by atoms with Gasteiger partial charge in [0.25, 0.3) is 11.7 Å². The number of nitrogens with zero attached hydrogens (tertiary/aromatic N) is 3. The Morgan fingerprint density at radius 3 is 2.53 bits per heavy atom. The van der Waals surface area contributed by atoms with E-state index in [-0.39, 0.29) is 23.2 Å². The van der Waals surface area contributed by atoms with Gasteiger partial charge in [-0.1, -0.05) is 41.1 Å². The lowest BCUT2D eigenvalue weighted by molar-refractivity contribution is -0.625. The van der Waals surface area contributed by atoms with E-state index in [9.17, 15) is 9.90 Å². The second-order valence-corrected chi connectivity index (χ2v) is 9.18. The number of aromatic amines is 1. The molecule has 0 bridgehead atoms. The predicted octanol–water partition coefficient (Wildman–Crippen LogP) is 4.37. The van der Waals surface area contributed by atoms with Crippen LogP contribution in [0.25, 0.3) is 17.1 Å². The Morgan fingerprint density at radius 2 is 1.83 bits per heavy atom. The number of benzene rings is 3. The van der Waals surface area contributed by atoms with E-state index >= 15 is 0 Å². The summed E-state index contributed by atoms with van der Waals surface area (Å²) in [4.78, 5) is 12.4. The van der Waals surface area contributed by atoms with Crippen LogP contribution in [0.3, 0.4) is 0 Å². The molecule has 0 unspecified atom stereocenters. The van der Waals surface area contributed by atoms with Crippen molar-refractivity contribution in [2.24, 2.45) is 5.10 Å². The van der Waals surface area contributed by atoms with Crippen LogP contribution >= 0.6 is 35.0 Å². The second-order valence-electron chi connectivity index (χ2n) is 7.36. The van der Waals surface area contributed by atoms with E-state index in [2.05, 4.69) is 20.7 Å². The Hall–Kier alpha value is -3.53. The number of thioether (sulfide) groups is 1. The van der Waals surface area contributed by atoms with Crippen molar-refractivity contribution in [3.05, 3.63) is 82.3 Å². The first kappa shape index (κ1) is 25.6. The van der Waals surface area contributed by atoms with E-state index in [4.69, 9.17) is 27.9 Å². The summed E-state index contributed by atoms with van der Waals surface area (Å²) in [6, 6.07) is 19.5. The number of hydrazone groups is 1. The molecule has 0 atom stereocenters. The van der Waals surface area contributed by atoms with Gasteiger partial charge in [-0.2, -0.15) is 9.67 Å². The summed E-state index contributed by atoms with van der Waals surface area (Å²) in [7, 11) is 0. The van der Waals surface area contributed by atoms with Crippen LogP contribution in [0.15, 0.2) is 77.0 Å². The minimum atomic E-state index is -0.358. The lowest BCUT2D eigenvalue weighted by atomic mass is 10.2. The van der Waals surface area contributed by atoms with Crippen LogP contribution in [0, 0.1) is 0 Å². The highest BCUT2D eigenvalue weighted by Gasteiger charge is 2.24. The lowest BCUT2D eigenvalue weighted by Gasteiger charge is -2.15. The lowest BCUT2D eigenvalue weighted by Crippen LogP contribution is -2.34. The maximum absolute atomic E-state index is 12.4. The Morgan fingerprint density at radius 1 is 1.14 bits per heavy atom. The number of amides is 1. The largest absolute Gasteiger partial charge is 0.870 e. The monoisotopic (exact) mass is 541 g/mol. The second kappa shape index (κ2) is 11.9. The van der Waals surface area contributed by atoms with Gasteiger partial charge in [-0.25, -0.2) is 5.43 Å². The number of carbonyl (C=O) groups is 1. The van der Waals surface area contributed by atoms with Crippen molar-refractivity contribution in [3.8, 4) is 28.6 Å². The predicted molar refractivity (Wildman–Crippen MR) is 139 cm³/mol. The molecular formula is C25H21Cl2N5O3S. The van der Waals surface area contributed by atoms with Crippen LogP contribution in [-0.2, 0) is 4.79 Å². The van der Waals surface area contributed by atoms with Gasteiger partial charge in [0, 0.05) is 10.0 Å². The highest BCUT2D eigenvalue weighted by Crippen LogP contribution is 2.26. The van der Waals surface area contributed by atoms with Gasteiger partial charge < -0.3 is 9.84 Å². The molecule has 0 fully saturated rings. The first-order valence-corrected chi connectivity index (χ1v) is 12.6. The standard InChI is InChI=1S/C25H21Cl2N5O3S/c1-2-35-21-5-3-4-17(23(21)34)14-28-29-22(33)15-36-25-31-30-24(16-6-8-18(26)9-7-16)32(25)20-12-10-19(27)11-13-20/h3-14H,2,15H2,1H3,(H2,28,29,33,34). The molecule has 184 valence electrons. The van der Waals surface area contributed by atoms with Gasteiger partial charge in [-0.3, -0.25) is 4.79 Å². The van der Waals surface area contributed by atoms with Crippen LogP contribution in [-0.4, -0.2) is 34.7 Å². The van der Waals surface area contributed by atoms with E-state index < -0.39 is 0 Å². The average Bonchev–Trinajstić information content (AvgIpc) is 3.30. The molecule has 11 heteroatoms. The molecule has 3 aromatic carbocycles. The number of H-pyrrole nitrogens is 1. The zero-order valence-electron chi connectivity index (χ0n) is 19.1. The van der Waals surface area contributed by atoms with Gasteiger partial charge in [0.15, 0.2) is 0 Å². The molecule has 1 amide bonds. The number of ether oxygens (including phenoxy) is 1. The van der Waals surface area contributed by atoms with Crippen molar-refractivity contribution in [3.63, 3.8) is 0 Å². The number of rotatable bonds is 9. The van der Waals surface area contributed by atoms with Gasteiger partial charge in [0.1, 0.15) is 11.4 Å². The van der Waals surface area contributed by atoms with Crippen LogP contribution in [0.4, 0.5) is 0 Å². The summed E-state index contributed by atoms with van der Waals surface area (Å²) >= 11 is 13.3. The van der Waals surface area contributed by atoms with E-state index in [1.165, 1.54) is 18.0 Å². The Kier molecular flexibility index (Phi) is 8.48. The summed E-state index contributed by atoms with van der Waals surface area (Å²) in [6.07, 6.45) is 1.30. The molecule has 8 nitrogen and oxygen atoms in total. The molecule has 0 spiro atoms. The fraction of sp³-hybridized carbons (Fsp3) is 0.120. The molecule has 2 N–H and O–H groups in total. The minimum absolute atomic E-state index is 0.0407. The normalized spacial score (nSPS) is 11.1. The molecule has 0 saturated heterocycles. The molecule has 0 aliphatic heterocycles. The van der Waals surface area contributed by atoms with Crippen LogP contribution < -0.4 is 19.8 Å². The third kappa shape index (κ3) is 6.17. The third-order valence-electron chi connectivity index (χ3n) is 4.91. The molecular weight excluding hydrogens is 521 g/mol. The number of carbonyl (C=O) groups excluding carboxylic acids is 1. The van der Waals surface area contributed by atoms with Crippen molar-refractivity contribution < 1.29 is 19.2 Å². The SMILES string of the molecule is CCOc1cccc(/C=N/NC(=O)CSc2n[nH]c(-c3ccc(Cl)cc3)[n+]2-c2ccc(Cl)cc2)c1[O-]. The van der Waals surface area contributed by atoms with Crippen molar-refractivity contribution in [2.45, 2.75) is 12.1 Å². The quantitative estimate of drug-likeness (QED) is 0.141. The van der Waals surface area contributed by atoms with Crippen LogP contribution in [0.1, 0.15) is 12.5 Å². The van der Waals surface area contributed by atoms with Crippen molar-refractivity contribution >= 4 is 47.1 Å². The highest BCUT2D eigenvalue weighted by atomic mass is 35.5. The van der Waals surface area contributed by atoms with E-state index in [0.717, 1.165) is 11.3 Å². The molecule has 36 heavy (non-hydrogen) atoms. The molecule has 1 heterocycles. The Balaban J connectivity index is 1.49. The zero-order chi connectivity index (χ0) is 25.5. The highest BCUT2D eigenvalue weighted by molar-refractivity contribution is 7.99. The van der Waals surface area contributed by atoms with Crippen molar-refractivity contribution in [2.75, 3.05) is 12.4 Å². The van der Waals surface area contributed by atoms with E-state index in [0.29, 0.717) is 33.2 Å². The number of hydrogen-bond donors (Lipinski definition) is 2. The van der Waals surface area contributed by atoms with Crippen molar-refractivity contribution in [1.29, 1.82) is 0 Å².